The van der Waals surface area contributed by atoms with Gasteiger partial charge in [0.2, 0.25) is 0 Å². The molecular formula is C16H30O7. The maximum Gasteiger partial charge on any atom is 0.335 e. The molecule has 0 amide bonds. The number of carbonyl (C=O) groups is 1. The van der Waals surface area contributed by atoms with Crippen molar-refractivity contribution in [3.05, 3.63) is 0 Å². The molecule has 7 nitrogen and oxygen atoms in total. The molecule has 1 aliphatic heterocycles. The number of hydrogen-bond acceptors (Lipinski definition) is 6. The van der Waals surface area contributed by atoms with E-state index < -0.39 is 36.2 Å². The van der Waals surface area contributed by atoms with Crippen LogP contribution < -0.4 is 0 Å². The number of ether oxygens (including phenoxy) is 1. The average Bonchev–Trinajstić information content (AvgIpc) is 2.51. The van der Waals surface area contributed by atoms with Gasteiger partial charge in [-0.05, 0) is 6.42 Å². The minimum Gasteiger partial charge on any atom is -0.479 e. The van der Waals surface area contributed by atoms with Crippen LogP contribution in [0.1, 0.15) is 64.7 Å². The van der Waals surface area contributed by atoms with Gasteiger partial charge in [0, 0.05) is 6.42 Å². The van der Waals surface area contributed by atoms with Crippen LogP contribution in [0.15, 0.2) is 0 Å². The molecule has 0 saturated carbocycles. The summed E-state index contributed by atoms with van der Waals surface area (Å²) in [7, 11) is 0. The molecular weight excluding hydrogens is 304 g/mol. The number of unbranched alkanes of at least 4 members (excludes halogenated alkanes) is 7. The van der Waals surface area contributed by atoms with Crippen LogP contribution in [0.4, 0.5) is 0 Å². The zero-order chi connectivity index (χ0) is 17.5. The minimum atomic E-state index is -2.15. The lowest BCUT2D eigenvalue weighted by Gasteiger charge is -2.44. The number of rotatable bonds is 10. The van der Waals surface area contributed by atoms with E-state index >= 15 is 0 Å². The summed E-state index contributed by atoms with van der Waals surface area (Å²) in [6.07, 6.45) is 1.24. The highest BCUT2D eigenvalue weighted by Crippen LogP contribution is 2.32. The van der Waals surface area contributed by atoms with Crippen LogP contribution in [0.5, 0.6) is 0 Å². The first-order valence-corrected chi connectivity index (χ1v) is 8.50. The lowest BCUT2D eigenvalue weighted by Crippen LogP contribution is -2.66. The van der Waals surface area contributed by atoms with Crippen LogP contribution in [-0.4, -0.2) is 61.7 Å². The predicted molar refractivity (Wildman–Crippen MR) is 82.7 cm³/mol. The predicted octanol–water partition coefficient (Wildman–Crippen LogP) is 0.772. The van der Waals surface area contributed by atoms with Crippen molar-refractivity contribution in [3.8, 4) is 0 Å². The van der Waals surface area contributed by atoms with E-state index in [0.29, 0.717) is 6.42 Å². The zero-order valence-corrected chi connectivity index (χ0v) is 13.7. The van der Waals surface area contributed by atoms with Gasteiger partial charge in [-0.1, -0.05) is 51.9 Å². The molecule has 0 spiro atoms. The van der Waals surface area contributed by atoms with Gasteiger partial charge in [0.05, 0.1) is 0 Å². The molecule has 7 heteroatoms. The van der Waals surface area contributed by atoms with Crippen LogP contribution in [0.2, 0.25) is 0 Å². The molecule has 1 aliphatic rings. The fourth-order valence-corrected chi connectivity index (χ4v) is 2.91. The summed E-state index contributed by atoms with van der Waals surface area (Å²) in [6, 6.07) is 0. The number of aliphatic carboxylic acids is 1. The molecule has 0 radical (unpaired) electrons. The maximum atomic E-state index is 11.0. The third-order valence-electron chi connectivity index (χ3n) is 4.41. The summed E-state index contributed by atoms with van der Waals surface area (Å²) in [5.41, 5.74) is 0. The summed E-state index contributed by atoms with van der Waals surface area (Å²) in [6.45, 7) is 2.16. The van der Waals surface area contributed by atoms with Gasteiger partial charge in [0.25, 0.3) is 0 Å². The summed E-state index contributed by atoms with van der Waals surface area (Å²) in [5.74, 6) is -3.64. The van der Waals surface area contributed by atoms with Crippen molar-refractivity contribution in [2.24, 2.45) is 0 Å². The van der Waals surface area contributed by atoms with Crippen molar-refractivity contribution in [3.63, 3.8) is 0 Å². The highest BCUT2D eigenvalue weighted by Gasteiger charge is 2.54. The van der Waals surface area contributed by atoms with Crippen LogP contribution in [0, 0.1) is 0 Å². The fraction of sp³-hybridized carbons (Fsp3) is 0.938. The Balaban J connectivity index is 2.39. The summed E-state index contributed by atoms with van der Waals surface area (Å²) < 4.78 is 4.99. The molecule has 1 fully saturated rings. The first kappa shape index (κ1) is 20.3. The minimum absolute atomic E-state index is 0.0106. The number of aliphatic hydroxyl groups is 4. The van der Waals surface area contributed by atoms with Gasteiger partial charge < -0.3 is 30.3 Å². The monoisotopic (exact) mass is 334 g/mol. The van der Waals surface area contributed by atoms with E-state index in [4.69, 9.17) is 9.84 Å². The Labute approximate surface area is 136 Å². The smallest absolute Gasteiger partial charge is 0.335 e. The van der Waals surface area contributed by atoms with Crippen LogP contribution in [-0.2, 0) is 9.53 Å². The van der Waals surface area contributed by atoms with Gasteiger partial charge in [0.1, 0.15) is 18.3 Å². The van der Waals surface area contributed by atoms with Crippen molar-refractivity contribution in [1.29, 1.82) is 0 Å². The molecule has 0 bridgehead atoms. The Hall–Kier alpha value is -0.730. The maximum absolute atomic E-state index is 11.0. The van der Waals surface area contributed by atoms with E-state index in [9.17, 15) is 25.2 Å². The van der Waals surface area contributed by atoms with Crippen molar-refractivity contribution >= 4 is 5.97 Å². The summed E-state index contributed by atoms with van der Waals surface area (Å²) >= 11 is 0. The topological polar surface area (TPSA) is 127 Å². The molecule has 5 atom stereocenters. The third kappa shape index (κ3) is 5.69. The standard InChI is InChI=1S/C16H30O7/c1-2-3-4-5-6-7-8-9-10-16(22)14(19)12(18)11(17)13(23-16)15(20)21/h11-14,17-19,22H,2-10H2,1H3,(H,20,21)/t11-,12-,13-,14+,16+/m0/s1. The quantitative estimate of drug-likeness (QED) is 0.373. The first-order chi connectivity index (χ1) is 10.8. The number of carboxylic acids is 1. The van der Waals surface area contributed by atoms with E-state index in [1.807, 2.05) is 0 Å². The lowest BCUT2D eigenvalue weighted by atomic mass is 9.89. The fourth-order valence-electron chi connectivity index (χ4n) is 2.91. The summed E-state index contributed by atoms with van der Waals surface area (Å²) in [4.78, 5) is 11.0. The van der Waals surface area contributed by atoms with Gasteiger partial charge in [-0.15, -0.1) is 0 Å². The van der Waals surface area contributed by atoms with Gasteiger partial charge in [-0.2, -0.15) is 0 Å². The van der Waals surface area contributed by atoms with Gasteiger partial charge >= 0.3 is 5.97 Å². The van der Waals surface area contributed by atoms with Gasteiger partial charge in [-0.3, -0.25) is 0 Å². The number of hydrogen-bond donors (Lipinski definition) is 5. The van der Waals surface area contributed by atoms with Crippen molar-refractivity contribution in [2.75, 3.05) is 0 Å². The molecule has 1 saturated heterocycles. The highest BCUT2D eigenvalue weighted by atomic mass is 16.7. The molecule has 23 heavy (non-hydrogen) atoms. The second kappa shape index (κ2) is 9.54. The third-order valence-corrected chi connectivity index (χ3v) is 4.41. The van der Waals surface area contributed by atoms with Crippen LogP contribution in [0.25, 0.3) is 0 Å². The molecule has 0 unspecified atom stereocenters. The molecule has 0 aliphatic carbocycles. The van der Waals surface area contributed by atoms with E-state index in [2.05, 4.69) is 6.92 Å². The SMILES string of the molecule is CCCCCCCCCC[C@@]1(O)O[C@H](C(=O)O)[C@@H](O)[C@H](O)[C@H]1O. The van der Waals surface area contributed by atoms with E-state index in [1.54, 1.807) is 0 Å². The number of carboxylic acid groups (broad SMARTS) is 1. The molecule has 5 N–H and O–H groups in total. The Kier molecular flexibility index (Phi) is 8.42. The second-order valence-corrected chi connectivity index (χ2v) is 6.37. The Morgan fingerprint density at radius 1 is 0.957 bits per heavy atom. The van der Waals surface area contributed by atoms with Gasteiger partial charge in [0.15, 0.2) is 11.9 Å². The van der Waals surface area contributed by atoms with Crippen molar-refractivity contribution in [1.82, 2.24) is 0 Å². The van der Waals surface area contributed by atoms with Crippen LogP contribution in [0.3, 0.4) is 0 Å². The Morgan fingerprint density at radius 2 is 1.48 bits per heavy atom. The molecule has 0 aromatic heterocycles. The van der Waals surface area contributed by atoms with Gasteiger partial charge in [-0.25, -0.2) is 4.79 Å². The highest BCUT2D eigenvalue weighted by molar-refractivity contribution is 5.73. The average molecular weight is 334 g/mol. The number of aliphatic hydroxyl groups excluding tert-OH is 3. The first-order valence-electron chi connectivity index (χ1n) is 8.50. The Bertz CT molecular complexity index is 362. The van der Waals surface area contributed by atoms with E-state index in [1.165, 1.54) is 25.7 Å². The molecule has 136 valence electrons. The van der Waals surface area contributed by atoms with Crippen LogP contribution >= 0.6 is 0 Å². The van der Waals surface area contributed by atoms with Crippen molar-refractivity contribution in [2.45, 2.75) is 94.9 Å². The zero-order valence-electron chi connectivity index (χ0n) is 13.7. The van der Waals surface area contributed by atoms with E-state index in [0.717, 1.165) is 19.3 Å². The molecule has 1 heterocycles. The molecule has 0 aromatic rings. The Morgan fingerprint density at radius 3 is 2.00 bits per heavy atom. The summed E-state index contributed by atoms with van der Waals surface area (Å²) in [5, 5.41) is 48.5. The molecule has 0 aromatic carbocycles. The second-order valence-electron chi connectivity index (χ2n) is 6.37. The van der Waals surface area contributed by atoms with E-state index in [-0.39, 0.29) is 6.42 Å². The molecule has 1 rings (SSSR count). The lowest BCUT2D eigenvalue weighted by molar-refractivity contribution is -0.343. The van der Waals surface area contributed by atoms with Crippen molar-refractivity contribution < 1.29 is 35.1 Å². The normalized spacial score (nSPS) is 34.5. The largest absolute Gasteiger partial charge is 0.479 e.